The molecule has 2 atom stereocenters. The van der Waals surface area contributed by atoms with Gasteiger partial charge in [0.2, 0.25) is 0 Å². The molecule has 3 aromatic rings. The minimum atomic E-state index is 0.297. The predicted octanol–water partition coefficient (Wildman–Crippen LogP) is 4.60. The Morgan fingerprint density at radius 1 is 1.08 bits per heavy atom. The van der Waals surface area contributed by atoms with E-state index in [4.69, 9.17) is 4.52 Å². The van der Waals surface area contributed by atoms with Crippen molar-refractivity contribution in [2.75, 3.05) is 13.1 Å². The molecule has 0 amide bonds. The Balaban J connectivity index is 1.64. The molecule has 1 fully saturated rings. The molecule has 0 aliphatic carbocycles. The van der Waals surface area contributed by atoms with Crippen LogP contribution in [0.3, 0.4) is 0 Å². The fourth-order valence-corrected chi connectivity index (χ4v) is 4.31. The van der Waals surface area contributed by atoms with Crippen LogP contribution >= 0.6 is 0 Å². The molecule has 4 rings (SSSR count). The van der Waals surface area contributed by atoms with Crippen molar-refractivity contribution in [3.63, 3.8) is 0 Å². The number of nitrogens with zero attached hydrogens (tertiary/aromatic N) is 2. The van der Waals surface area contributed by atoms with Crippen LogP contribution in [0, 0.1) is 11.8 Å². The van der Waals surface area contributed by atoms with Gasteiger partial charge in [-0.15, -0.1) is 0 Å². The molecule has 1 N–H and O–H groups in total. The molecule has 0 bridgehead atoms. The quantitative estimate of drug-likeness (QED) is 0.747. The van der Waals surface area contributed by atoms with Gasteiger partial charge in [-0.2, -0.15) is 0 Å². The summed E-state index contributed by atoms with van der Waals surface area (Å²) in [6.45, 7) is 7.43. The van der Waals surface area contributed by atoms with Crippen molar-refractivity contribution in [1.29, 1.82) is 0 Å². The van der Waals surface area contributed by atoms with E-state index in [0.29, 0.717) is 24.1 Å². The van der Waals surface area contributed by atoms with Gasteiger partial charge in [0.25, 0.3) is 0 Å². The molecule has 1 aliphatic rings. The van der Waals surface area contributed by atoms with Crippen LogP contribution in [-0.2, 0) is 13.0 Å². The minimum absolute atomic E-state index is 0.297. The molecule has 136 valence electrons. The highest BCUT2D eigenvalue weighted by molar-refractivity contribution is 5.84. The van der Waals surface area contributed by atoms with Crippen LogP contribution in [-0.4, -0.2) is 28.3 Å². The van der Waals surface area contributed by atoms with Crippen LogP contribution in [0.4, 0.5) is 0 Å². The van der Waals surface area contributed by atoms with Crippen LogP contribution in [0.2, 0.25) is 0 Å². The zero-order chi connectivity index (χ0) is 18.1. The van der Waals surface area contributed by atoms with Crippen LogP contribution in [0.5, 0.6) is 5.75 Å². The molecule has 0 radical (unpaired) electrons. The number of phenolic OH excluding ortho intramolecular Hbond substituents is 1. The summed E-state index contributed by atoms with van der Waals surface area (Å²) < 4.78 is 5.69. The lowest BCUT2D eigenvalue weighted by Gasteiger charge is -2.35. The summed E-state index contributed by atoms with van der Waals surface area (Å²) in [4.78, 5) is 2.42. The van der Waals surface area contributed by atoms with Gasteiger partial charge in [0.15, 0.2) is 5.58 Å². The van der Waals surface area contributed by atoms with Gasteiger partial charge in [-0.05, 0) is 36.0 Å². The first-order valence-corrected chi connectivity index (χ1v) is 9.45. The van der Waals surface area contributed by atoms with Gasteiger partial charge in [-0.1, -0.05) is 49.3 Å². The third kappa shape index (κ3) is 3.47. The van der Waals surface area contributed by atoms with E-state index in [2.05, 4.69) is 36.0 Å². The number of piperidine rings is 1. The van der Waals surface area contributed by atoms with E-state index in [1.54, 1.807) is 6.07 Å². The Bertz CT molecular complexity index is 878. The Kier molecular flexibility index (Phi) is 4.68. The molecule has 4 heteroatoms. The molecule has 26 heavy (non-hydrogen) atoms. The van der Waals surface area contributed by atoms with E-state index in [1.165, 1.54) is 12.0 Å². The van der Waals surface area contributed by atoms with Gasteiger partial charge in [-0.25, -0.2) is 0 Å². The van der Waals surface area contributed by atoms with Crippen molar-refractivity contribution in [2.45, 2.75) is 33.2 Å². The monoisotopic (exact) mass is 350 g/mol. The van der Waals surface area contributed by atoms with Crippen molar-refractivity contribution in [3.05, 3.63) is 59.3 Å². The summed E-state index contributed by atoms with van der Waals surface area (Å²) in [7, 11) is 0. The Labute approximate surface area is 154 Å². The molecule has 1 aliphatic heterocycles. The molecule has 2 aromatic carbocycles. The first kappa shape index (κ1) is 17.1. The van der Waals surface area contributed by atoms with Crippen molar-refractivity contribution < 1.29 is 9.63 Å². The highest BCUT2D eigenvalue weighted by Gasteiger charge is 2.24. The first-order chi connectivity index (χ1) is 12.6. The molecule has 0 spiro atoms. The lowest BCUT2D eigenvalue weighted by atomic mass is 9.91. The third-order valence-electron chi connectivity index (χ3n) is 5.33. The van der Waals surface area contributed by atoms with Crippen LogP contribution < -0.4 is 0 Å². The Morgan fingerprint density at radius 2 is 1.81 bits per heavy atom. The average Bonchev–Trinajstić information content (AvgIpc) is 3.00. The van der Waals surface area contributed by atoms with Crippen molar-refractivity contribution in [3.8, 4) is 5.75 Å². The minimum Gasteiger partial charge on any atom is -0.507 e. The number of benzene rings is 2. The van der Waals surface area contributed by atoms with Crippen LogP contribution in [0.15, 0.2) is 47.0 Å². The van der Waals surface area contributed by atoms with Gasteiger partial charge in [0.05, 0.1) is 11.3 Å². The number of hydrogen-bond acceptors (Lipinski definition) is 4. The number of phenols is 1. The summed E-state index contributed by atoms with van der Waals surface area (Å²) in [6, 6.07) is 14.0. The lowest BCUT2D eigenvalue weighted by molar-refractivity contribution is 0.133. The largest absolute Gasteiger partial charge is 0.507 e. The normalized spacial score (nSPS) is 21.3. The maximum atomic E-state index is 10.5. The van der Waals surface area contributed by atoms with Gasteiger partial charge < -0.3 is 9.63 Å². The molecule has 2 unspecified atom stereocenters. The Morgan fingerprint density at radius 3 is 2.54 bits per heavy atom. The van der Waals surface area contributed by atoms with Gasteiger partial charge in [0, 0.05) is 31.4 Å². The zero-order valence-corrected chi connectivity index (χ0v) is 15.5. The van der Waals surface area contributed by atoms with E-state index in [1.807, 2.05) is 24.3 Å². The molecular weight excluding hydrogens is 324 g/mol. The SMILES string of the molecule is CC1CC(C)CN(Cc2c(O)ccc3c(Cc4ccccc4)noc23)C1. The second-order valence-electron chi connectivity index (χ2n) is 7.87. The van der Waals surface area contributed by atoms with E-state index in [9.17, 15) is 5.11 Å². The standard InChI is InChI=1S/C22H26N2O2/c1-15-10-16(2)13-24(12-15)14-19-21(25)9-8-18-20(23-26-22(18)19)11-17-6-4-3-5-7-17/h3-9,15-16,25H,10-14H2,1-2H3. The summed E-state index contributed by atoms with van der Waals surface area (Å²) in [5.74, 6) is 1.66. The second kappa shape index (κ2) is 7.12. The number of rotatable bonds is 4. The maximum Gasteiger partial charge on any atom is 0.175 e. The molecule has 1 saturated heterocycles. The van der Waals surface area contributed by atoms with Crippen molar-refractivity contribution >= 4 is 11.0 Å². The van der Waals surface area contributed by atoms with Crippen LogP contribution in [0.25, 0.3) is 11.0 Å². The first-order valence-electron chi connectivity index (χ1n) is 9.45. The van der Waals surface area contributed by atoms with Crippen molar-refractivity contribution in [2.24, 2.45) is 11.8 Å². The van der Waals surface area contributed by atoms with Gasteiger partial charge >= 0.3 is 0 Å². The second-order valence-corrected chi connectivity index (χ2v) is 7.87. The third-order valence-corrected chi connectivity index (χ3v) is 5.33. The summed E-state index contributed by atoms with van der Waals surface area (Å²) in [5.41, 5.74) is 3.71. The fraction of sp³-hybridized carbons (Fsp3) is 0.409. The highest BCUT2D eigenvalue weighted by atomic mass is 16.5. The number of hydrogen-bond donors (Lipinski definition) is 1. The number of likely N-dealkylation sites (tertiary alicyclic amines) is 1. The molecule has 4 nitrogen and oxygen atoms in total. The van der Waals surface area contributed by atoms with E-state index >= 15 is 0 Å². The summed E-state index contributed by atoms with van der Waals surface area (Å²) in [5, 5.41) is 15.8. The number of aromatic hydroxyl groups is 1. The molecule has 2 heterocycles. The highest BCUT2D eigenvalue weighted by Crippen LogP contribution is 2.32. The molecular formula is C22H26N2O2. The topological polar surface area (TPSA) is 49.5 Å². The maximum absolute atomic E-state index is 10.5. The molecule has 1 aromatic heterocycles. The molecule has 0 saturated carbocycles. The van der Waals surface area contributed by atoms with Crippen molar-refractivity contribution in [1.82, 2.24) is 10.1 Å². The van der Waals surface area contributed by atoms with Gasteiger partial charge in [0.1, 0.15) is 5.75 Å². The number of fused-ring (bicyclic) bond motifs is 1. The van der Waals surface area contributed by atoms with E-state index in [-0.39, 0.29) is 0 Å². The lowest BCUT2D eigenvalue weighted by Crippen LogP contribution is -2.38. The summed E-state index contributed by atoms with van der Waals surface area (Å²) >= 11 is 0. The van der Waals surface area contributed by atoms with E-state index < -0.39 is 0 Å². The van der Waals surface area contributed by atoms with Gasteiger partial charge in [-0.3, -0.25) is 4.90 Å². The predicted molar refractivity (Wildman–Crippen MR) is 103 cm³/mol. The van der Waals surface area contributed by atoms with E-state index in [0.717, 1.165) is 41.7 Å². The average molecular weight is 350 g/mol. The zero-order valence-electron chi connectivity index (χ0n) is 15.5. The fourth-order valence-electron chi connectivity index (χ4n) is 4.31. The summed E-state index contributed by atoms with van der Waals surface area (Å²) in [6.07, 6.45) is 2.01. The smallest absolute Gasteiger partial charge is 0.175 e. The number of aromatic nitrogens is 1. The Hall–Kier alpha value is -2.33. The van der Waals surface area contributed by atoms with Crippen LogP contribution in [0.1, 0.15) is 37.1 Å².